The van der Waals surface area contributed by atoms with Crippen LogP contribution in [0.15, 0.2) is 57.9 Å². The van der Waals surface area contributed by atoms with Crippen LogP contribution in [0.2, 0.25) is 0 Å². The first kappa shape index (κ1) is 16.2. The molecule has 116 valence electrons. The van der Waals surface area contributed by atoms with E-state index in [0.717, 1.165) is 21.5 Å². The van der Waals surface area contributed by atoms with Gasteiger partial charge in [-0.25, -0.2) is 0 Å². The van der Waals surface area contributed by atoms with Gasteiger partial charge >= 0.3 is 0 Å². The number of anilines is 1. The largest absolute Gasteiger partial charge is 0.497 e. The van der Waals surface area contributed by atoms with Crippen LogP contribution in [0.5, 0.6) is 5.75 Å². The van der Waals surface area contributed by atoms with Gasteiger partial charge in [-0.3, -0.25) is 9.69 Å². The molecule has 1 aliphatic rings. The number of amides is 1. The van der Waals surface area contributed by atoms with E-state index in [0.29, 0.717) is 9.23 Å². The number of nitrogens with zero attached hydrogens (tertiary/aromatic N) is 1. The van der Waals surface area contributed by atoms with Gasteiger partial charge in [-0.15, -0.1) is 0 Å². The lowest BCUT2D eigenvalue weighted by molar-refractivity contribution is -0.113. The molecule has 1 fully saturated rings. The summed E-state index contributed by atoms with van der Waals surface area (Å²) >= 11 is 10.1. The van der Waals surface area contributed by atoms with E-state index >= 15 is 0 Å². The van der Waals surface area contributed by atoms with Crippen molar-refractivity contribution in [2.75, 3.05) is 12.0 Å². The average Bonchev–Trinajstić information content (AvgIpc) is 2.84. The van der Waals surface area contributed by atoms with Crippen LogP contribution in [0.3, 0.4) is 0 Å². The van der Waals surface area contributed by atoms with Crippen LogP contribution in [0.4, 0.5) is 5.69 Å². The first-order chi connectivity index (χ1) is 11.1. The van der Waals surface area contributed by atoms with Gasteiger partial charge in [-0.1, -0.05) is 52.0 Å². The van der Waals surface area contributed by atoms with Gasteiger partial charge in [0.2, 0.25) is 0 Å². The fourth-order valence-corrected chi connectivity index (χ4v) is 3.70. The van der Waals surface area contributed by atoms with Gasteiger partial charge in [-0.2, -0.15) is 0 Å². The second kappa shape index (κ2) is 6.86. The number of hydrogen-bond acceptors (Lipinski definition) is 4. The summed E-state index contributed by atoms with van der Waals surface area (Å²) in [6.07, 6.45) is 1.86. The number of ether oxygens (including phenoxy) is 1. The monoisotopic (exact) mass is 405 g/mol. The van der Waals surface area contributed by atoms with Gasteiger partial charge in [0.1, 0.15) is 5.75 Å². The Labute approximate surface area is 152 Å². The molecule has 2 aromatic carbocycles. The molecular formula is C17H12BrNO2S2. The van der Waals surface area contributed by atoms with Crippen LogP contribution in [-0.4, -0.2) is 17.3 Å². The van der Waals surface area contributed by atoms with E-state index in [4.69, 9.17) is 17.0 Å². The normalized spacial score (nSPS) is 16.3. The summed E-state index contributed by atoms with van der Waals surface area (Å²) in [5, 5.41) is 0. The van der Waals surface area contributed by atoms with Crippen molar-refractivity contribution >= 4 is 61.9 Å². The van der Waals surface area contributed by atoms with Crippen molar-refractivity contribution in [1.82, 2.24) is 0 Å². The maximum absolute atomic E-state index is 12.7. The Morgan fingerprint density at radius 2 is 1.78 bits per heavy atom. The van der Waals surface area contributed by atoms with Crippen LogP contribution in [0.1, 0.15) is 5.56 Å². The van der Waals surface area contributed by atoms with E-state index in [9.17, 15) is 4.79 Å². The molecule has 1 heterocycles. The number of thioether (sulfide) groups is 1. The highest BCUT2D eigenvalue weighted by Gasteiger charge is 2.33. The van der Waals surface area contributed by atoms with Crippen LogP contribution in [-0.2, 0) is 4.79 Å². The van der Waals surface area contributed by atoms with Crippen LogP contribution in [0, 0.1) is 0 Å². The fraction of sp³-hybridized carbons (Fsp3) is 0.0588. The van der Waals surface area contributed by atoms with E-state index in [1.807, 2.05) is 54.6 Å². The quantitative estimate of drug-likeness (QED) is 0.538. The number of carbonyl (C=O) groups is 1. The third-order valence-electron chi connectivity index (χ3n) is 3.29. The fourth-order valence-electron chi connectivity index (χ4n) is 2.13. The Kier molecular flexibility index (Phi) is 4.84. The second-order valence-corrected chi connectivity index (χ2v) is 7.36. The van der Waals surface area contributed by atoms with Crippen molar-refractivity contribution in [2.24, 2.45) is 0 Å². The third-order valence-corrected chi connectivity index (χ3v) is 5.12. The molecule has 0 aliphatic carbocycles. The maximum atomic E-state index is 12.7. The Hall–Kier alpha value is -1.63. The highest BCUT2D eigenvalue weighted by molar-refractivity contribution is 9.10. The number of carbonyl (C=O) groups excluding carboxylic acids is 1. The third kappa shape index (κ3) is 3.49. The Morgan fingerprint density at radius 3 is 2.39 bits per heavy atom. The number of rotatable bonds is 3. The van der Waals surface area contributed by atoms with Gasteiger partial charge < -0.3 is 4.74 Å². The summed E-state index contributed by atoms with van der Waals surface area (Å²) in [5.41, 5.74) is 1.70. The SMILES string of the molecule is COc1ccc(N2C(=O)/C(=C\c3ccc(Br)cc3)SC2=S)cc1. The lowest BCUT2D eigenvalue weighted by Gasteiger charge is -2.14. The molecule has 0 unspecified atom stereocenters. The zero-order valence-electron chi connectivity index (χ0n) is 12.2. The molecule has 1 amide bonds. The Bertz CT molecular complexity index is 785. The van der Waals surface area contributed by atoms with Crippen molar-refractivity contribution in [3.05, 3.63) is 63.5 Å². The first-order valence-corrected chi connectivity index (χ1v) is 8.78. The minimum Gasteiger partial charge on any atom is -0.497 e. The molecule has 6 heteroatoms. The smallest absolute Gasteiger partial charge is 0.270 e. The zero-order chi connectivity index (χ0) is 16.4. The van der Waals surface area contributed by atoms with Crippen LogP contribution in [0.25, 0.3) is 6.08 Å². The molecule has 3 nitrogen and oxygen atoms in total. The molecule has 2 aromatic rings. The molecule has 3 rings (SSSR count). The minimum absolute atomic E-state index is 0.104. The summed E-state index contributed by atoms with van der Waals surface area (Å²) in [4.78, 5) is 14.8. The molecule has 0 saturated carbocycles. The Balaban J connectivity index is 1.88. The second-order valence-electron chi connectivity index (χ2n) is 4.77. The molecule has 1 aliphatic heterocycles. The molecular weight excluding hydrogens is 394 g/mol. The summed E-state index contributed by atoms with van der Waals surface area (Å²) < 4.78 is 6.67. The molecule has 0 bridgehead atoms. The molecule has 23 heavy (non-hydrogen) atoms. The number of hydrogen-bond donors (Lipinski definition) is 0. The topological polar surface area (TPSA) is 29.5 Å². The lowest BCUT2D eigenvalue weighted by atomic mass is 10.2. The molecule has 1 saturated heterocycles. The van der Waals surface area contributed by atoms with Gasteiger partial charge in [-0.05, 0) is 48.0 Å². The predicted molar refractivity (Wildman–Crippen MR) is 103 cm³/mol. The Morgan fingerprint density at radius 1 is 1.13 bits per heavy atom. The molecule has 0 radical (unpaired) electrons. The van der Waals surface area contributed by atoms with Crippen molar-refractivity contribution < 1.29 is 9.53 Å². The molecule has 0 aromatic heterocycles. The van der Waals surface area contributed by atoms with E-state index in [1.54, 1.807) is 12.0 Å². The molecule has 0 spiro atoms. The number of halogens is 1. The lowest BCUT2D eigenvalue weighted by Crippen LogP contribution is -2.27. The van der Waals surface area contributed by atoms with Gasteiger partial charge in [0.25, 0.3) is 5.91 Å². The summed E-state index contributed by atoms with van der Waals surface area (Å²) in [7, 11) is 1.61. The molecule has 0 atom stereocenters. The van der Waals surface area contributed by atoms with Gasteiger partial charge in [0.05, 0.1) is 17.7 Å². The van der Waals surface area contributed by atoms with E-state index < -0.39 is 0 Å². The summed E-state index contributed by atoms with van der Waals surface area (Å²) in [5.74, 6) is 0.637. The van der Waals surface area contributed by atoms with Gasteiger partial charge in [0.15, 0.2) is 4.32 Å². The van der Waals surface area contributed by atoms with Crippen LogP contribution < -0.4 is 9.64 Å². The first-order valence-electron chi connectivity index (χ1n) is 6.76. The summed E-state index contributed by atoms with van der Waals surface area (Å²) in [6.45, 7) is 0. The van der Waals surface area contributed by atoms with E-state index in [1.165, 1.54) is 11.8 Å². The number of thiocarbonyl (C=S) groups is 1. The van der Waals surface area contributed by atoms with E-state index in [2.05, 4.69) is 15.9 Å². The number of benzene rings is 2. The average molecular weight is 406 g/mol. The predicted octanol–water partition coefficient (Wildman–Crippen LogP) is 4.86. The van der Waals surface area contributed by atoms with Gasteiger partial charge in [0, 0.05) is 4.47 Å². The van der Waals surface area contributed by atoms with Crippen LogP contribution >= 0.6 is 39.9 Å². The van der Waals surface area contributed by atoms with Crippen molar-refractivity contribution in [2.45, 2.75) is 0 Å². The highest BCUT2D eigenvalue weighted by Crippen LogP contribution is 2.36. The minimum atomic E-state index is -0.104. The van der Waals surface area contributed by atoms with Crippen molar-refractivity contribution in [1.29, 1.82) is 0 Å². The summed E-state index contributed by atoms with van der Waals surface area (Å²) in [6, 6.07) is 15.1. The highest BCUT2D eigenvalue weighted by atomic mass is 79.9. The molecule has 0 N–H and O–H groups in total. The van der Waals surface area contributed by atoms with Crippen molar-refractivity contribution in [3.63, 3.8) is 0 Å². The number of methoxy groups -OCH3 is 1. The van der Waals surface area contributed by atoms with Crippen molar-refractivity contribution in [3.8, 4) is 5.75 Å². The standard InChI is InChI=1S/C17H12BrNO2S2/c1-21-14-8-6-13(7-9-14)19-16(20)15(23-17(19)22)10-11-2-4-12(18)5-3-11/h2-10H,1H3/b15-10+. The maximum Gasteiger partial charge on any atom is 0.270 e. The zero-order valence-corrected chi connectivity index (χ0v) is 15.4. The van der Waals surface area contributed by atoms with E-state index in [-0.39, 0.29) is 5.91 Å².